The fourth-order valence-corrected chi connectivity index (χ4v) is 1.04. The number of carboxylic acid groups (broad SMARTS) is 1. The van der Waals surface area contributed by atoms with Crippen LogP contribution in [0.3, 0.4) is 0 Å². The molecule has 9 heteroatoms. The summed E-state index contributed by atoms with van der Waals surface area (Å²) >= 11 is 0. The maximum Gasteiger partial charge on any atom is 0.490 e. The normalized spacial score (nSPS) is 10.3. The van der Waals surface area contributed by atoms with Crippen LogP contribution in [0.2, 0.25) is 0 Å². The van der Waals surface area contributed by atoms with Crippen molar-refractivity contribution in [2.45, 2.75) is 6.18 Å². The fourth-order valence-electron chi connectivity index (χ4n) is 1.04. The number of carboxylic acids is 1. The van der Waals surface area contributed by atoms with Crippen LogP contribution < -0.4 is 15.2 Å². The number of methoxy groups -OCH3 is 2. The predicted molar refractivity (Wildman–Crippen MR) is 68.5 cm³/mol. The highest BCUT2D eigenvalue weighted by atomic mass is 19.4. The standard InChI is InChI=1S/C10H15NO3.C2HF3O2/c1-12-5-6-14-10-7-8(11)3-4-9(10)13-2;3-2(4,5)1(6)7/h3-4,7H,5-6,11H2,1-2H3;(H,6,7). The Morgan fingerprint density at radius 2 is 1.81 bits per heavy atom. The van der Waals surface area contributed by atoms with E-state index in [1.165, 1.54) is 0 Å². The van der Waals surface area contributed by atoms with Crippen molar-refractivity contribution in [3.8, 4) is 11.5 Å². The molecule has 1 aromatic rings. The Labute approximate surface area is 119 Å². The van der Waals surface area contributed by atoms with Gasteiger partial charge in [-0.25, -0.2) is 4.79 Å². The van der Waals surface area contributed by atoms with Gasteiger partial charge in [0.15, 0.2) is 11.5 Å². The summed E-state index contributed by atoms with van der Waals surface area (Å²) in [5.41, 5.74) is 6.27. The summed E-state index contributed by atoms with van der Waals surface area (Å²) in [6.45, 7) is 1.02. The molecule has 0 saturated heterocycles. The second-order valence-corrected chi connectivity index (χ2v) is 3.55. The highest BCUT2D eigenvalue weighted by Gasteiger charge is 2.38. The van der Waals surface area contributed by atoms with Crippen molar-refractivity contribution in [1.29, 1.82) is 0 Å². The second kappa shape index (κ2) is 8.90. The molecule has 21 heavy (non-hydrogen) atoms. The minimum absolute atomic E-state index is 0.482. The van der Waals surface area contributed by atoms with E-state index in [-0.39, 0.29) is 0 Å². The SMILES string of the molecule is COCCOc1cc(N)ccc1OC.O=C(O)C(F)(F)F. The maximum absolute atomic E-state index is 10.6. The molecule has 0 saturated carbocycles. The van der Waals surface area contributed by atoms with E-state index in [0.29, 0.717) is 30.4 Å². The van der Waals surface area contributed by atoms with Crippen LogP contribution in [0.4, 0.5) is 18.9 Å². The van der Waals surface area contributed by atoms with Crippen LogP contribution in [-0.2, 0) is 9.53 Å². The number of benzene rings is 1. The number of halogens is 3. The number of nitrogens with two attached hydrogens (primary N) is 1. The molecule has 6 nitrogen and oxygen atoms in total. The van der Waals surface area contributed by atoms with Crippen molar-refractivity contribution < 1.29 is 37.3 Å². The first-order chi connectivity index (χ1) is 9.72. The van der Waals surface area contributed by atoms with Gasteiger partial charge in [-0.3, -0.25) is 0 Å². The molecule has 0 fully saturated rings. The van der Waals surface area contributed by atoms with Crippen molar-refractivity contribution >= 4 is 11.7 Å². The molecule has 0 bridgehead atoms. The number of rotatable bonds is 5. The average Bonchev–Trinajstić information content (AvgIpc) is 2.39. The molecule has 0 aromatic heterocycles. The molecule has 0 atom stereocenters. The van der Waals surface area contributed by atoms with Crippen LogP contribution in [0.25, 0.3) is 0 Å². The van der Waals surface area contributed by atoms with Crippen LogP contribution >= 0.6 is 0 Å². The molecule has 0 unspecified atom stereocenters. The third kappa shape index (κ3) is 7.88. The third-order valence-electron chi connectivity index (χ3n) is 1.98. The van der Waals surface area contributed by atoms with Gasteiger partial charge in [-0.2, -0.15) is 13.2 Å². The Morgan fingerprint density at radius 3 is 2.24 bits per heavy atom. The molecule has 0 aliphatic heterocycles. The van der Waals surface area contributed by atoms with Crippen LogP contribution in [-0.4, -0.2) is 44.7 Å². The molecule has 120 valence electrons. The van der Waals surface area contributed by atoms with Gasteiger partial charge < -0.3 is 25.1 Å². The van der Waals surface area contributed by atoms with Gasteiger partial charge in [0.2, 0.25) is 0 Å². The van der Waals surface area contributed by atoms with Crippen molar-refractivity contribution in [3.63, 3.8) is 0 Å². The van der Waals surface area contributed by atoms with Gasteiger partial charge in [0.05, 0.1) is 13.7 Å². The number of alkyl halides is 3. The number of aliphatic carboxylic acids is 1. The molecule has 1 rings (SSSR count). The van der Waals surface area contributed by atoms with Crippen molar-refractivity contribution in [3.05, 3.63) is 18.2 Å². The van der Waals surface area contributed by atoms with E-state index in [4.69, 9.17) is 29.8 Å². The average molecular weight is 311 g/mol. The summed E-state index contributed by atoms with van der Waals surface area (Å²) in [6, 6.07) is 5.27. The van der Waals surface area contributed by atoms with Crippen molar-refractivity contribution in [2.75, 3.05) is 33.2 Å². The number of ether oxygens (including phenoxy) is 3. The van der Waals surface area contributed by atoms with E-state index in [1.807, 2.05) is 0 Å². The van der Waals surface area contributed by atoms with Crippen LogP contribution in [0.1, 0.15) is 0 Å². The van der Waals surface area contributed by atoms with Gasteiger partial charge >= 0.3 is 12.1 Å². The number of hydrogen-bond acceptors (Lipinski definition) is 5. The lowest BCUT2D eigenvalue weighted by molar-refractivity contribution is -0.192. The number of carbonyl (C=O) groups is 1. The topological polar surface area (TPSA) is 91.0 Å². The highest BCUT2D eigenvalue weighted by molar-refractivity contribution is 5.73. The van der Waals surface area contributed by atoms with Crippen LogP contribution in [0.15, 0.2) is 18.2 Å². The van der Waals surface area contributed by atoms with Crippen LogP contribution in [0.5, 0.6) is 11.5 Å². The fraction of sp³-hybridized carbons (Fsp3) is 0.417. The lowest BCUT2D eigenvalue weighted by atomic mass is 10.3. The Bertz CT molecular complexity index is 451. The number of hydrogen-bond donors (Lipinski definition) is 2. The Morgan fingerprint density at radius 1 is 1.24 bits per heavy atom. The Hall–Kier alpha value is -2.16. The van der Waals surface area contributed by atoms with E-state index in [9.17, 15) is 13.2 Å². The first-order valence-corrected chi connectivity index (χ1v) is 5.57. The zero-order valence-corrected chi connectivity index (χ0v) is 11.4. The zero-order valence-electron chi connectivity index (χ0n) is 11.4. The zero-order chi connectivity index (χ0) is 16.5. The summed E-state index contributed by atoms with van der Waals surface area (Å²) in [7, 11) is 3.22. The molecular weight excluding hydrogens is 295 g/mol. The Balaban J connectivity index is 0.000000486. The minimum atomic E-state index is -5.08. The Kier molecular flexibility index (Phi) is 7.99. The van der Waals surface area contributed by atoms with Crippen molar-refractivity contribution in [2.24, 2.45) is 0 Å². The molecule has 0 radical (unpaired) electrons. The van der Waals surface area contributed by atoms with Gasteiger partial charge in [-0.1, -0.05) is 0 Å². The van der Waals surface area contributed by atoms with Gasteiger partial charge in [-0.15, -0.1) is 0 Å². The van der Waals surface area contributed by atoms with Gasteiger partial charge in [0.1, 0.15) is 6.61 Å². The lowest BCUT2D eigenvalue weighted by Gasteiger charge is -2.10. The molecular formula is C12H16F3NO5. The smallest absolute Gasteiger partial charge is 0.490 e. The van der Waals surface area contributed by atoms with Crippen LogP contribution in [0, 0.1) is 0 Å². The quantitative estimate of drug-likeness (QED) is 0.638. The van der Waals surface area contributed by atoms with E-state index in [1.54, 1.807) is 32.4 Å². The lowest BCUT2D eigenvalue weighted by Crippen LogP contribution is -2.21. The molecule has 3 N–H and O–H groups in total. The largest absolute Gasteiger partial charge is 0.493 e. The van der Waals surface area contributed by atoms with Gasteiger partial charge in [0.25, 0.3) is 0 Å². The van der Waals surface area contributed by atoms with E-state index >= 15 is 0 Å². The summed E-state index contributed by atoms with van der Waals surface area (Å²) in [5, 5.41) is 7.12. The van der Waals surface area contributed by atoms with Gasteiger partial charge in [0, 0.05) is 18.9 Å². The molecule has 1 aromatic carbocycles. The van der Waals surface area contributed by atoms with E-state index in [0.717, 1.165) is 0 Å². The van der Waals surface area contributed by atoms with Gasteiger partial charge in [-0.05, 0) is 12.1 Å². The second-order valence-electron chi connectivity index (χ2n) is 3.55. The summed E-state index contributed by atoms with van der Waals surface area (Å²) in [4.78, 5) is 8.90. The maximum atomic E-state index is 10.6. The van der Waals surface area contributed by atoms with E-state index in [2.05, 4.69) is 0 Å². The summed E-state index contributed by atoms with van der Waals surface area (Å²) in [6.07, 6.45) is -5.08. The monoisotopic (exact) mass is 311 g/mol. The minimum Gasteiger partial charge on any atom is -0.493 e. The summed E-state index contributed by atoms with van der Waals surface area (Å²) < 4.78 is 47.1. The molecule has 0 amide bonds. The van der Waals surface area contributed by atoms with Crippen molar-refractivity contribution in [1.82, 2.24) is 0 Å². The third-order valence-corrected chi connectivity index (χ3v) is 1.98. The predicted octanol–water partition coefficient (Wildman–Crippen LogP) is 1.94. The van der Waals surface area contributed by atoms with E-state index < -0.39 is 12.1 Å². The number of nitrogen functional groups attached to an aromatic ring is 1. The molecule has 0 heterocycles. The molecule has 0 spiro atoms. The first kappa shape index (κ1) is 18.8. The number of anilines is 1. The molecule has 0 aliphatic carbocycles. The first-order valence-electron chi connectivity index (χ1n) is 5.57. The summed E-state index contributed by atoms with van der Waals surface area (Å²) in [5.74, 6) is -1.44. The highest BCUT2D eigenvalue weighted by Crippen LogP contribution is 2.28. The molecule has 0 aliphatic rings.